The monoisotopic (exact) mass is 272 g/mol. The van der Waals surface area contributed by atoms with Gasteiger partial charge < -0.3 is 10.2 Å². The lowest BCUT2D eigenvalue weighted by Gasteiger charge is -2.41. The molecule has 1 fully saturated rings. The van der Waals surface area contributed by atoms with Gasteiger partial charge in [0, 0.05) is 12.6 Å². The van der Waals surface area contributed by atoms with Crippen molar-refractivity contribution in [1.82, 2.24) is 9.78 Å². The van der Waals surface area contributed by atoms with Crippen LogP contribution < -0.4 is 0 Å². The summed E-state index contributed by atoms with van der Waals surface area (Å²) in [5.74, 6) is -0.898. The van der Waals surface area contributed by atoms with Gasteiger partial charge in [-0.3, -0.25) is 9.48 Å². The van der Waals surface area contributed by atoms with Gasteiger partial charge in [0.25, 0.3) is 0 Å². The summed E-state index contributed by atoms with van der Waals surface area (Å²) in [5.41, 5.74) is 1.35. The molecule has 5 heteroatoms. The maximum absolute atomic E-state index is 11.6. The molecule has 1 saturated carbocycles. The van der Waals surface area contributed by atoms with Crippen LogP contribution in [0.1, 0.15) is 18.5 Å². The van der Waals surface area contributed by atoms with Crippen LogP contribution in [0, 0.1) is 0 Å². The topological polar surface area (TPSA) is 75.4 Å². The van der Waals surface area contributed by atoms with E-state index in [-0.39, 0.29) is 12.8 Å². The van der Waals surface area contributed by atoms with E-state index in [2.05, 4.69) is 5.10 Å². The largest absolute Gasteiger partial charge is 0.481 e. The van der Waals surface area contributed by atoms with Crippen molar-refractivity contribution in [2.75, 3.05) is 0 Å². The number of carbonyl (C=O) groups is 1. The molecule has 5 nitrogen and oxygen atoms in total. The van der Waals surface area contributed by atoms with Gasteiger partial charge in [-0.15, -0.1) is 0 Å². The van der Waals surface area contributed by atoms with E-state index in [4.69, 9.17) is 0 Å². The number of hydrogen-bond acceptors (Lipinski definition) is 3. The number of aromatic nitrogens is 2. The standard InChI is InChI=1S/C15H16N2O3/c1-17-13(15(14(19)20)8-11(18)9-15)7-12(16-17)10-5-3-2-4-6-10/h2-7,11,18H,8-9H2,1H3,(H,19,20). The first-order valence-electron chi connectivity index (χ1n) is 6.54. The average molecular weight is 272 g/mol. The molecule has 2 aromatic rings. The molecule has 1 aliphatic carbocycles. The van der Waals surface area contributed by atoms with Gasteiger partial charge in [0.1, 0.15) is 5.41 Å². The Morgan fingerprint density at radius 3 is 2.55 bits per heavy atom. The highest BCUT2D eigenvalue weighted by atomic mass is 16.4. The zero-order chi connectivity index (χ0) is 14.3. The molecule has 104 valence electrons. The molecule has 0 saturated heterocycles. The van der Waals surface area contributed by atoms with Crippen LogP contribution in [0.25, 0.3) is 11.3 Å². The summed E-state index contributed by atoms with van der Waals surface area (Å²) >= 11 is 0. The van der Waals surface area contributed by atoms with Crippen LogP contribution >= 0.6 is 0 Å². The van der Waals surface area contributed by atoms with Crippen LogP contribution in [0.3, 0.4) is 0 Å². The molecule has 0 aliphatic heterocycles. The zero-order valence-electron chi connectivity index (χ0n) is 11.2. The maximum Gasteiger partial charge on any atom is 0.315 e. The highest BCUT2D eigenvalue weighted by Crippen LogP contribution is 2.44. The molecule has 1 aromatic carbocycles. The summed E-state index contributed by atoms with van der Waals surface area (Å²) in [6, 6.07) is 11.5. The number of hydrogen-bond donors (Lipinski definition) is 2. The quantitative estimate of drug-likeness (QED) is 0.889. The molecule has 20 heavy (non-hydrogen) atoms. The molecule has 2 N–H and O–H groups in total. The Morgan fingerprint density at radius 1 is 1.35 bits per heavy atom. The summed E-state index contributed by atoms with van der Waals surface area (Å²) in [4.78, 5) is 11.6. The third-order valence-corrected chi connectivity index (χ3v) is 4.02. The second-order valence-electron chi connectivity index (χ2n) is 5.35. The molecule has 0 bridgehead atoms. The maximum atomic E-state index is 11.6. The predicted molar refractivity (Wildman–Crippen MR) is 73.2 cm³/mol. The van der Waals surface area contributed by atoms with Gasteiger partial charge in [0.15, 0.2) is 0 Å². The number of carboxylic acid groups (broad SMARTS) is 1. The third kappa shape index (κ3) is 1.82. The van der Waals surface area contributed by atoms with Gasteiger partial charge in [-0.25, -0.2) is 0 Å². The Bertz CT molecular complexity index is 642. The number of rotatable bonds is 3. The van der Waals surface area contributed by atoms with E-state index in [0.29, 0.717) is 5.69 Å². The van der Waals surface area contributed by atoms with Gasteiger partial charge >= 0.3 is 5.97 Å². The fraction of sp³-hybridized carbons (Fsp3) is 0.333. The van der Waals surface area contributed by atoms with E-state index in [0.717, 1.165) is 11.3 Å². The van der Waals surface area contributed by atoms with Crippen molar-refractivity contribution in [2.24, 2.45) is 7.05 Å². The summed E-state index contributed by atoms with van der Waals surface area (Å²) in [6.45, 7) is 0. The highest BCUT2D eigenvalue weighted by molar-refractivity contribution is 5.83. The van der Waals surface area contributed by atoms with Gasteiger partial charge in [-0.05, 0) is 18.9 Å². The summed E-state index contributed by atoms with van der Waals surface area (Å²) in [5, 5.41) is 23.4. The molecule has 0 atom stereocenters. The minimum absolute atomic E-state index is 0.246. The molecule has 0 radical (unpaired) electrons. The van der Waals surface area contributed by atoms with Crippen LogP contribution in [0.4, 0.5) is 0 Å². The Morgan fingerprint density at radius 2 is 2.00 bits per heavy atom. The fourth-order valence-corrected chi connectivity index (χ4v) is 2.90. The van der Waals surface area contributed by atoms with Crippen LogP contribution in [-0.2, 0) is 17.3 Å². The van der Waals surface area contributed by atoms with Crippen LogP contribution in [0.2, 0.25) is 0 Å². The summed E-state index contributed by atoms with van der Waals surface area (Å²) in [6.07, 6.45) is -0.0483. The minimum atomic E-state index is -1.01. The van der Waals surface area contributed by atoms with Gasteiger partial charge in [0.05, 0.1) is 17.5 Å². The first-order valence-corrected chi connectivity index (χ1v) is 6.54. The number of aliphatic hydroxyl groups excluding tert-OH is 1. The van der Waals surface area contributed by atoms with E-state index in [1.165, 1.54) is 0 Å². The van der Waals surface area contributed by atoms with E-state index < -0.39 is 17.5 Å². The number of aliphatic carboxylic acids is 1. The highest BCUT2D eigenvalue weighted by Gasteiger charge is 2.53. The average Bonchev–Trinajstić information content (AvgIpc) is 2.78. The lowest BCUT2D eigenvalue weighted by Crippen LogP contribution is -2.51. The number of aliphatic hydroxyl groups is 1. The molecule has 3 rings (SSSR count). The number of carboxylic acids is 1. The summed E-state index contributed by atoms with van der Waals surface area (Å²) < 4.78 is 1.61. The van der Waals surface area contributed by atoms with E-state index >= 15 is 0 Å². The van der Waals surface area contributed by atoms with Crippen molar-refractivity contribution in [3.05, 3.63) is 42.1 Å². The zero-order valence-corrected chi connectivity index (χ0v) is 11.2. The van der Waals surface area contributed by atoms with E-state index in [9.17, 15) is 15.0 Å². The van der Waals surface area contributed by atoms with Crippen LogP contribution in [0.5, 0.6) is 0 Å². The lowest BCUT2D eigenvalue weighted by molar-refractivity contribution is -0.153. The van der Waals surface area contributed by atoms with Crippen molar-refractivity contribution < 1.29 is 15.0 Å². The van der Waals surface area contributed by atoms with Crippen LogP contribution in [-0.4, -0.2) is 32.1 Å². The van der Waals surface area contributed by atoms with Gasteiger partial charge in [-0.1, -0.05) is 30.3 Å². The van der Waals surface area contributed by atoms with Crippen LogP contribution in [0.15, 0.2) is 36.4 Å². The normalized spacial score (nSPS) is 25.2. The Kier molecular flexibility index (Phi) is 2.87. The van der Waals surface area contributed by atoms with Gasteiger partial charge in [-0.2, -0.15) is 5.10 Å². The van der Waals surface area contributed by atoms with Crippen molar-refractivity contribution in [3.8, 4) is 11.3 Å². The van der Waals surface area contributed by atoms with E-state index in [1.807, 2.05) is 36.4 Å². The molecule has 0 spiro atoms. The Hall–Kier alpha value is -2.14. The second-order valence-corrected chi connectivity index (χ2v) is 5.35. The molecular weight excluding hydrogens is 256 g/mol. The number of nitrogens with zero attached hydrogens (tertiary/aromatic N) is 2. The molecule has 0 amide bonds. The van der Waals surface area contributed by atoms with E-state index in [1.54, 1.807) is 11.7 Å². The third-order valence-electron chi connectivity index (χ3n) is 4.02. The fourth-order valence-electron chi connectivity index (χ4n) is 2.90. The molecular formula is C15H16N2O3. The first kappa shape index (κ1) is 12.9. The Balaban J connectivity index is 2.04. The predicted octanol–water partition coefficient (Wildman–Crippen LogP) is 1.56. The van der Waals surface area contributed by atoms with Crippen molar-refractivity contribution in [3.63, 3.8) is 0 Å². The lowest BCUT2D eigenvalue weighted by atomic mass is 9.64. The number of aryl methyl sites for hydroxylation is 1. The molecule has 0 unspecified atom stereocenters. The minimum Gasteiger partial charge on any atom is -0.481 e. The van der Waals surface area contributed by atoms with Crippen molar-refractivity contribution >= 4 is 5.97 Å². The molecule has 1 aromatic heterocycles. The summed E-state index contributed by atoms with van der Waals surface area (Å²) in [7, 11) is 1.75. The SMILES string of the molecule is Cn1nc(-c2ccccc2)cc1C1(C(=O)O)CC(O)C1. The van der Waals surface area contributed by atoms with Gasteiger partial charge in [0.2, 0.25) is 0 Å². The number of benzene rings is 1. The van der Waals surface area contributed by atoms with Crippen molar-refractivity contribution in [2.45, 2.75) is 24.4 Å². The Labute approximate surface area is 116 Å². The second kappa shape index (κ2) is 4.45. The first-order chi connectivity index (χ1) is 9.53. The molecule has 1 aliphatic rings. The smallest absolute Gasteiger partial charge is 0.315 e. The molecule has 1 heterocycles. The van der Waals surface area contributed by atoms with Crippen molar-refractivity contribution in [1.29, 1.82) is 0 Å².